The maximum atomic E-state index is 11.9. The van der Waals surface area contributed by atoms with E-state index in [1.165, 1.54) is 6.42 Å². The third-order valence-corrected chi connectivity index (χ3v) is 3.82. The molecule has 4 heteroatoms. The topological polar surface area (TPSA) is 58.2 Å². The minimum atomic E-state index is -0.177. The molecule has 0 aliphatic heterocycles. The van der Waals surface area contributed by atoms with E-state index in [4.69, 9.17) is 0 Å². The van der Waals surface area contributed by atoms with E-state index >= 15 is 0 Å². The van der Waals surface area contributed by atoms with E-state index in [0.717, 1.165) is 36.9 Å². The van der Waals surface area contributed by atoms with Crippen LogP contribution in [-0.2, 0) is 9.59 Å². The third kappa shape index (κ3) is 4.08. The van der Waals surface area contributed by atoms with Crippen LogP contribution in [0.1, 0.15) is 37.7 Å². The second-order valence-electron chi connectivity index (χ2n) is 5.42. The fraction of sp³-hybridized carbons (Fsp3) is 0.500. The SMILES string of the molecule is Cc1ccccc1NC(=O)CNC(=O)C1CCCCC1. The molecule has 0 unspecified atom stereocenters. The van der Waals surface area contributed by atoms with Crippen molar-refractivity contribution in [2.24, 2.45) is 5.92 Å². The highest BCUT2D eigenvalue weighted by atomic mass is 16.2. The van der Waals surface area contributed by atoms with Gasteiger partial charge in [0, 0.05) is 11.6 Å². The van der Waals surface area contributed by atoms with Gasteiger partial charge in [-0.15, -0.1) is 0 Å². The Kier molecular flexibility index (Phi) is 5.16. The van der Waals surface area contributed by atoms with E-state index in [1.807, 2.05) is 31.2 Å². The van der Waals surface area contributed by atoms with Crippen molar-refractivity contribution < 1.29 is 9.59 Å². The summed E-state index contributed by atoms with van der Waals surface area (Å²) in [6.07, 6.45) is 5.36. The number of rotatable bonds is 4. The molecule has 0 aromatic heterocycles. The average Bonchev–Trinajstić information content (AvgIpc) is 2.48. The summed E-state index contributed by atoms with van der Waals surface area (Å²) in [6, 6.07) is 7.60. The number of aryl methyl sites for hydroxylation is 1. The third-order valence-electron chi connectivity index (χ3n) is 3.82. The number of carbonyl (C=O) groups is 2. The second kappa shape index (κ2) is 7.08. The monoisotopic (exact) mass is 274 g/mol. The standard InChI is InChI=1S/C16H22N2O2/c1-12-7-5-6-10-14(12)18-15(19)11-17-16(20)13-8-3-2-4-9-13/h5-7,10,13H,2-4,8-9,11H2,1H3,(H,17,20)(H,18,19). The van der Waals surface area contributed by atoms with Crippen LogP contribution in [0.15, 0.2) is 24.3 Å². The Labute approximate surface area is 119 Å². The number of anilines is 1. The first kappa shape index (κ1) is 14.6. The highest BCUT2D eigenvalue weighted by Crippen LogP contribution is 2.23. The molecule has 2 rings (SSSR count). The van der Waals surface area contributed by atoms with Crippen molar-refractivity contribution in [3.05, 3.63) is 29.8 Å². The van der Waals surface area contributed by atoms with Gasteiger partial charge in [-0.25, -0.2) is 0 Å². The summed E-state index contributed by atoms with van der Waals surface area (Å²) in [4.78, 5) is 23.8. The Morgan fingerprint density at radius 1 is 1.15 bits per heavy atom. The van der Waals surface area contributed by atoms with E-state index < -0.39 is 0 Å². The summed E-state index contributed by atoms with van der Waals surface area (Å²) in [5.74, 6) is -0.0666. The lowest BCUT2D eigenvalue weighted by Gasteiger charge is -2.20. The van der Waals surface area contributed by atoms with Gasteiger partial charge >= 0.3 is 0 Å². The van der Waals surface area contributed by atoms with Crippen LogP contribution in [0.2, 0.25) is 0 Å². The van der Waals surface area contributed by atoms with E-state index in [0.29, 0.717) is 0 Å². The van der Waals surface area contributed by atoms with Crippen molar-refractivity contribution in [2.45, 2.75) is 39.0 Å². The molecule has 1 aromatic carbocycles. The molecule has 1 fully saturated rings. The van der Waals surface area contributed by atoms with E-state index in [1.54, 1.807) is 0 Å². The van der Waals surface area contributed by atoms with Gasteiger partial charge in [0.05, 0.1) is 6.54 Å². The second-order valence-corrected chi connectivity index (χ2v) is 5.42. The highest BCUT2D eigenvalue weighted by Gasteiger charge is 2.21. The van der Waals surface area contributed by atoms with Crippen molar-refractivity contribution in [3.63, 3.8) is 0 Å². The Morgan fingerprint density at radius 3 is 2.55 bits per heavy atom. The Hall–Kier alpha value is -1.84. The van der Waals surface area contributed by atoms with Gasteiger partial charge < -0.3 is 10.6 Å². The molecular formula is C16H22N2O2. The molecule has 4 nitrogen and oxygen atoms in total. The van der Waals surface area contributed by atoms with Gasteiger partial charge in [-0.05, 0) is 31.4 Å². The predicted octanol–water partition coefficient (Wildman–Crippen LogP) is 2.63. The summed E-state index contributed by atoms with van der Waals surface area (Å²) in [5, 5.41) is 5.56. The van der Waals surface area contributed by atoms with Crippen LogP contribution in [0.4, 0.5) is 5.69 Å². The molecule has 1 aliphatic rings. The van der Waals surface area contributed by atoms with Gasteiger partial charge in [-0.2, -0.15) is 0 Å². The Balaban J connectivity index is 1.77. The summed E-state index contributed by atoms with van der Waals surface area (Å²) in [5.41, 5.74) is 1.81. The Morgan fingerprint density at radius 2 is 1.85 bits per heavy atom. The molecule has 0 saturated heterocycles. The molecular weight excluding hydrogens is 252 g/mol. The number of amides is 2. The van der Waals surface area contributed by atoms with Crippen LogP contribution in [0.3, 0.4) is 0 Å². The van der Waals surface area contributed by atoms with Crippen LogP contribution in [-0.4, -0.2) is 18.4 Å². The Bertz CT molecular complexity index is 479. The quantitative estimate of drug-likeness (QED) is 0.886. The molecule has 108 valence electrons. The molecule has 0 heterocycles. The summed E-state index contributed by atoms with van der Waals surface area (Å²) in [6.45, 7) is 1.99. The van der Waals surface area contributed by atoms with Crippen LogP contribution >= 0.6 is 0 Å². The van der Waals surface area contributed by atoms with Gasteiger partial charge in [-0.3, -0.25) is 9.59 Å². The molecule has 0 spiro atoms. The number of para-hydroxylation sites is 1. The molecule has 2 N–H and O–H groups in total. The number of benzene rings is 1. The van der Waals surface area contributed by atoms with E-state index in [-0.39, 0.29) is 24.3 Å². The van der Waals surface area contributed by atoms with Crippen molar-refractivity contribution in [3.8, 4) is 0 Å². The number of hydrogen-bond donors (Lipinski definition) is 2. The minimum Gasteiger partial charge on any atom is -0.347 e. The molecule has 1 aromatic rings. The van der Waals surface area contributed by atoms with Crippen molar-refractivity contribution >= 4 is 17.5 Å². The molecule has 1 saturated carbocycles. The lowest BCUT2D eigenvalue weighted by molar-refractivity contribution is -0.128. The van der Waals surface area contributed by atoms with Crippen molar-refractivity contribution in [2.75, 3.05) is 11.9 Å². The zero-order chi connectivity index (χ0) is 14.4. The predicted molar refractivity (Wildman–Crippen MR) is 79.4 cm³/mol. The maximum absolute atomic E-state index is 11.9. The first-order valence-electron chi connectivity index (χ1n) is 7.30. The van der Waals surface area contributed by atoms with E-state index in [2.05, 4.69) is 10.6 Å². The zero-order valence-electron chi connectivity index (χ0n) is 11.9. The molecule has 0 radical (unpaired) electrons. The first-order chi connectivity index (χ1) is 9.66. The number of carbonyl (C=O) groups excluding carboxylic acids is 2. The van der Waals surface area contributed by atoms with Crippen LogP contribution in [0, 0.1) is 12.8 Å². The molecule has 0 bridgehead atoms. The zero-order valence-corrected chi connectivity index (χ0v) is 11.9. The largest absolute Gasteiger partial charge is 0.347 e. The highest BCUT2D eigenvalue weighted by molar-refractivity contribution is 5.95. The van der Waals surface area contributed by atoms with Crippen LogP contribution in [0.5, 0.6) is 0 Å². The lowest BCUT2D eigenvalue weighted by atomic mass is 9.89. The summed E-state index contributed by atoms with van der Waals surface area (Å²) >= 11 is 0. The van der Waals surface area contributed by atoms with E-state index in [9.17, 15) is 9.59 Å². The molecule has 0 atom stereocenters. The fourth-order valence-corrected chi connectivity index (χ4v) is 2.58. The van der Waals surface area contributed by atoms with Crippen molar-refractivity contribution in [1.82, 2.24) is 5.32 Å². The number of hydrogen-bond acceptors (Lipinski definition) is 2. The van der Waals surface area contributed by atoms with Gasteiger partial charge in [0.2, 0.25) is 11.8 Å². The first-order valence-corrected chi connectivity index (χ1v) is 7.30. The van der Waals surface area contributed by atoms with Crippen LogP contribution in [0.25, 0.3) is 0 Å². The lowest BCUT2D eigenvalue weighted by Crippen LogP contribution is -2.37. The van der Waals surface area contributed by atoms with Gasteiger partial charge in [0.25, 0.3) is 0 Å². The fourth-order valence-electron chi connectivity index (χ4n) is 2.58. The normalized spacial score (nSPS) is 15.7. The number of nitrogens with one attached hydrogen (secondary N) is 2. The molecule has 1 aliphatic carbocycles. The van der Waals surface area contributed by atoms with Crippen LogP contribution < -0.4 is 10.6 Å². The maximum Gasteiger partial charge on any atom is 0.243 e. The summed E-state index contributed by atoms with van der Waals surface area (Å²) < 4.78 is 0. The average molecular weight is 274 g/mol. The summed E-state index contributed by atoms with van der Waals surface area (Å²) in [7, 11) is 0. The van der Waals surface area contributed by atoms with Gasteiger partial charge in [0.15, 0.2) is 0 Å². The molecule has 2 amide bonds. The molecule has 20 heavy (non-hydrogen) atoms. The van der Waals surface area contributed by atoms with Gasteiger partial charge in [0.1, 0.15) is 0 Å². The van der Waals surface area contributed by atoms with Gasteiger partial charge in [-0.1, -0.05) is 37.5 Å². The van der Waals surface area contributed by atoms with Crippen molar-refractivity contribution in [1.29, 1.82) is 0 Å². The minimum absolute atomic E-state index is 0.0182. The smallest absolute Gasteiger partial charge is 0.243 e.